The van der Waals surface area contributed by atoms with Gasteiger partial charge in [-0.15, -0.1) is 0 Å². The fourth-order valence-electron chi connectivity index (χ4n) is 3.64. The number of nitrogens with zero attached hydrogens (tertiary/aromatic N) is 3. The van der Waals surface area contributed by atoms with E-state index in [1.807, 2.05) is 0 Å². The molecule has 1 saturated carbocycles. The van der Waals surface area contributed by atoms with E-state index in [9.17, 15) is 36.7 Å². The Morgan fingerprint density at radius 2 is 1.81 bits per heavy atom. The van der Waals surface area contributed by atoms with Gasteiger partial charge < -0.3 is 15.7 Å². The van der Waals surface area contributed by atoms with Gasteiger partial charge in [-0.1, -0.05) is 13.8 Å². The third-order valence-corrected chi connectivity index (χ3v) is 5.87. The van der Waals surface area contributed by atoms with Crippen molar-refractivity contribution in [3.63, 3.8) is 0 Å². The molecule has 0 unspecified atom stereocenters. The Bertz CT molecular complexity index is 980. The molecule has 2 heterocycles. The number of halogens is 6. The van der Waals surface area contributed by atoms with E-state index in [2.05, 4.69) is 20.6 Å². The normalized spacial score (nSPS) is 20.5. The highest BCUT2D eigenvalue weighted by molar-refractivity contribution is 5.50. The summed E-state index contributed by atoms with van der Waals surface area (Å²) in [5.41, 5.74) is -2.98. The lowest BCUT2D eigenvalue weighted by Crippen LogP contribution is -2.55. The lowest BCUT2D eigenvalue weighted by molar-refractivity contribution is -0.905. The second kappa shape index (κ2) is 8.26. The minimum absolute atomic E-state index is 0.0854. The summed E-state index contributed by atoms with van der Waals surface area (Å²) in [5.74, 6) is -0.915. The minimum atomic E-state index is -4.75. The number of hydrogen-bond acceptors (Lipinski definition) is 6. The maximum absolute atomic E-state index is 13.4. The zero-order valence-corrected chi connectivity index (χ0v) is 17.1. The monoisotopic (exact) mass is 466 g/mol. The molecule has 1 aliphatic rings. The van der Waals surface area contributed by atoms with Crippen molar-refractivity contribution in [1.29, 1.82) is 0 Å². The number of nitrogens with one attached hydrogen (secondary N) is 2. The molecule has 2 aromatic rings. The fourth-order valence-corrected chi connectivity index (χ4v) is 3.64. The van der Waals surface area contributed by atoms with Gasteiger partial charge >= 0.3 is 12.4 Å². The van der Waals surface area contributed by atoms with Crippen LogP contribution in [0.25, 0.3) is 0 Å². The summed E-state index contributed by atoms with van der Waals surface area (Å²) in [4.78, 5) is 7.42. The zero-order chi connectivity index (χ0) is 23.9. The van der Waals surface area contributed by atoms with Crippen molar-refractivity contribution in [2.24, 2.45) is 11.3 Å². The summed E-state index contributed by atoms with van der Waals surface area (Å²) >= 11 is 0. The summed E-state index contributed by atoms with van der Waals surface area (Å²) in [6, 6.07) is 0.274. The van der Waals surface area contributed by atoms with Crippen molar-refractivity contribution >= 4 is 11.8 Å². The number of rotatable bonds is 6. The van der Waals surface area contributed by atoms with E-state index in [1.54, 1.807) is 13.8 Å². The number of alkyl halides is 6. The predicted octanol–water partition coefficient (Wildman–Crippen LogP) is 3.47. The molecule has 0 spiro atoms. The molecule has 7 nitrogen and oxygen atoms in total. The highest BCUT2D eigenvalue weighted by Crippen LogP contribution is 2.48. The Kier molecular flexibility index (Phi) is 6.15. The van der Waals surface area contributed by atoms with Crippen molar-refractivity contribution in [2.75, 3.05) is 17.2 Å². The molecule has 0 saturated heterocycles. The lowest BCUT2D eigenvalue weighted by Gasteiger charge is -2.52. The van der Waals surface area contributed by atoms with Crippen LogP contribution in [-0.2, 0) is 18.9 Å². The third-order valence-electron chi connectivity index (χ3n) is 5.87. The molecule has 0 aliphatic heterocycles. The molecule has 0 aromatic carbocycles. The van der Waals surface area contributed by atoms with Gasteiger partial charge in [-0.25, -0.2) is 4.98 Å². The van der Waals surface area contributed by atoms with E-state index in [0.29, 0.717) is 23.4 Å². The van der Waals surface area contributed by atoms with Crippen LogP contribution in [0.5, 0.6) is 0 Å². The Hall–Kier alpha value is -2.83. The highest BCUT2D eigenvalue weighted by atomic mass is 19.4. The molecule has 1 aliphatic carbocycles. The second-order valence-electron chi connectivity index (χ2n) is 8.20. The maximum Gasteiger partial charge on any atom is 0.421 e. The number of anilines is 2. The van der Waals surface area contributed by atoms with Crippen LogP contribution < -0.4 is 15.4 Å². The van der Waals surface area contributed by atoms with Crippen LogP contribution in [0.15, 0.2) is 24.7 Å². The van der Waals surface area contributed by atoms with Gasteiger partial charge in [-0.2, -0.15) is 31.3 Å². The van der Waals surface area contributed by atoms with E-state index in [-0.39, 0.29) is 24.0 Å². The molecule has 2 atom stereocenters. The van der Waals surface area contributed by atoms with Crippen molar-refractivity contribution in [1.82, 2.24) is 9.97 Å². The Balaban J connectivity index is 1.85. The number of aliphatic hydroxyl groups excluding tert-OH is 1. The van der Waals surface area contributed by atoms with Crippen molar-refractivity contribution < 1.29 is 41.4 Å². The first-order chi connectivity index (χ1) is 14.7. The van der Waals surface area contributed by atoms with Crippen LogP contribution in [0.2, 0.25) is 0 Å². The molecule has 3 rings (SSSR count). The smallest absolute Gasteiger partial charge is 0.396 e. The first-order valence-corrected chi connectivity index (χ1v) is 9.59. The SMILES string of the molecule is CC1(C)[C@@H](CO)C[C@H]1Nc1nc(NCc2c[n+](O)ccc2C(F)(F)F)ncc1C(F)(F)F. The summed E-state index contributed by atoms with van der Waals surface area (Å²) in [6.07, 6.45) is -6.83. The molecular formula is C19H22F6N5O2+. The van der Waals surface area contributed by atoms with Gasteiger partial charge in [-0.3, -0.25) is 5.21 Å². The van der Waals surface area contributed by atoms with Gasteiger partial charge in [0.1, 0.15) is 11.4 Å². The Morgan fingerprint density at radius 3 is 2.38 bits per heavy atom. The fraction of sp³-hybridized carbons (Fsp3) is 0.526. The number of hydrogen-bond donors (Lipinski definition) is 4. The predicted molar refractivity (Wildman–Crippen MR) is 99.6 cm³/mol. The second-order valence-corrected chi connectivity index (χ2v) is 8.20. The topological polar surface area (TPSA) is 94.2 Å². The first kappa shape index (κ1) is 23.8. The van der Waals surface area contributed by atoms with Crippen LogP contribution in [0, 0.1) is 11.3 Å². The highest BCUT2D eigenvalue weighted by Gasteiger charge is 2.48. The van der Waals surface area contributed by atoms with Crippen LogP contribution in [-0.4, -0.2) is 32.9 Å². The van der Waals surface area contributed by atoms with E-state index in [0.717, 1.165) is 12.4 Å². The van der Waals surface area contributed by atoms with Gasteiger partial charge in [-0.05, 0) is 17.8 Å². The van der Waals surface area contributed by atoms with Crippen LogP contribution >= 0.6 is 0 Å². The molecule has 13 heteroatoms. The minimum Gasteiger partial charge on any atom is -0.396 e. The average molecular weight is 466 g/mol. The standard InChI is InChI=1S/C19H22F6N5O2/c1-17(2)11(9-31)5-14(17)28-15-13(19(23,24)25)7-27-16(29-15)26-6-10-8-30(32)4-3-12(10)18(20,21)22/h3-4,7-8,11,14,31-32H,5-6,9H2,1-2H3,(H2,26,27,28,29)/q+1/t11-,14-/m1/s1. The van der Waals surface area contributed by atoms with Gasteiger partial charge in [0.15, 0.2) is 0 Å². The largest absolute Gasteiger partial charge is 0.421 e. The van der Waals surface area contributed by atoms with E-state index in [4.69, 9.17) is 0 Å². The van der Waals surface area contributed by atoms with E-state index >= 15 is 0 Å². The molecule has 4 N–H and O–H groups in total. The summed E-state index contributed by atoms with van der Waals surface area (Å²) in [6.45, 7) is 3.02. The molecule has 2 aromatic heterocycles. The lowest BCUT2D eigenvalue weighted by atomic mass is 9.59. The molecule has 32 heavy (non-hydrogen) atoms. The van der Waals surface area contributed by atoms with Gasteiger partial charge in [0.25, 0.3) is 0 Å². The average Bonchev–Trinajstić information content (AvgIpc) is 2.67. The molecule has 176 valence electrons. The number of aromatic nitrogens is 3. The third kappa shape index (κ3) is 4.81. The molecule has 1 fully saturated rings. The van der Waals surface area contributed by atoms with Crippen LogP contribution in [0.3, 0.4) is 0 Å². The van der Waals surface area contributed by atoms with E-state index in [1.165, 1.54) is 0 Å². The van der Waals surface area contributed by atoms with Crippen LogP contribution in [0.1, 0.15) is 37.0 Å². The van der Waals surface area contributed by atoms with Crippen LogP contribution in [0.4, 0.5) is 38.1 Å². The van der Waals surface area contributed by atoms with Gasteiger partial charge in [0, 0.05) is 36.2 Å². The van der Waals surface area contributed by atoms with Crippen molar-refractivity contribution in [3.8, 4) is 0 Å². The summed E-state index contributed by atoms with van der Waals surface area (Å²) < 4.78 is 80.2. The Labute approximate surface area is 179 Å². The Morgan fingerprint density at radius 1 is 1.16 bits per heavy atom. The maximum atomic E-state index is 13.4. The molecule has 0 radical (unpaired) electrons. The van der Waals surface area contributed by atoms with Crippen molar-refractivity contribution in [2.45, 2.75) is 45.2 Å². The quantitative estimate of drug-likeness (QED) is 0.296. The number of aliphatic hydroxyl groups is 1. The van der Waals surface area contributed by atoms with E-state index < -0.39 is 47.3 Å². The molecule has 0 bridgehead atoms. The van der Waals surface area contributed by atoms with Gasteiger partial charge in [0.2, 0.25) is 18.3 Å². The molecule has 0 amide bonds. The zero-order valence-electron chi connectivity index (χ0n) is 17.1. The summed E-state index contributed by atoms with van der Waals surface area (Å²) in [7, 11) is 0. The molecular weight excluding hydrogens is 444 g/mol. The van der Waals surface area contributed by atoms with Crippen molar-refractivity contribution in [3.05, 3.63) is 41.3 Å². The first-order valence-electron chi connectivity index (χ1n) is 9.59. The number of pyridine rings is 1. The van der Waals surface area contributed by atoms with Gasteiger partial charge in [0.05, 0.1) is 11.1 Å². The summed E-state index contributed by atoms with van der Waals surface area (Å²) in [5, 5.41) is 24.0.